The fraction of sp³-hybridized carbons (Fsp3) is 0.316. The summed E-state index contributed by atoms with van der Waals surface area (Å²) in [6, 6.07) is 6.24. The van der Waals surface area contributed by atoms with E-state index in [1.165, 1.54) is 27.4 Å². The number of hydrogen-bond acceptors (Lipinski definition) is 4. The Labute approximate surface area is 150 Å². The van der Waals surface area contributed by atoms with E-state index < -0.39 is 11.7 Å². The SMILES string of the molecule is COc1cc2c(c(OC)c1OC)C(c1c(F)cccc1Cl)CC(=O)C2. The van der Waals surface area contributed by atoms with Crippen molar-refractivity contribution < 1.29 is 23.4 Å². The number of Topliss-reactive ketones (excluding diaryl/α,β-unsaturated/α-hetero) is 1. The summed E-state index contributed by atoms with van der Waals surface area (Å²) < 4.78 is 30.9. The minimum absolute atomic E-state index is 0.00564. The van der Waals surface area contributed by atoms with E-state index in [0.29, 0.717) is 28.4 Å². The summed E-state index contributed by atoms with van der Waals surface area (Å²) in [5, 5.41) is 0.280. The van der Waals surface area contributed by atoms with Gasteiger partial charge in [0.05, 0.1) is 21.3 Å². The zero-order valence-electron chi connectivity index (χ0n) is 14.2. The summed E-state index contributed by atoms with van der Waals surface area (Å²) in [6.07, 6.45) is 0.383. The predicted molar refractivity (Wildman–Crippen MR) is 92.7 cm³/mol. The van der Waals surface area contributed by atoms with Gasteiger partial charge in [0.2, 0.25) is 5.75 Å². The van der Waals surface area contributed by atoms with E-state index in [4.69, 9.17) is 25.8 Å². The van der Waals surface area contributed by atoms with Gasteiger partial charge in [-0.05, 0) is 23.8 Å². The molecule has 3 rings (SSSR count). The molecule has 0 radical (unpaired) electrons. The van der Waals surface area contributed by atoms with Crippen molar-refractivity contribution in [2.75, 3.05) is 21.3 Å². The Balaban J connectivity index is 2.32. The quantitative estimate of drug-likeness (QED) is 0.817. The molecule has 0 heterocycles. The molecule has 1 aliphatic rings. The maximum atomic E-state index is 14.5. The largest absolute Gasteiger partial charge is 0.493 e. The molecule has 0 N–H and O–H groups in total. The van der Waals surface area contributed by atoms with Crippen LogP contribution < -0.4 is 14.2 Å². The van der Waals surface area contributed by atoms with Crippen LogP contribution in [0.2, 0.25) is 5.02 Å². The molecule has 2 aromatic rings. The number of halogens is 2. The third-order valence-electron chi connectivity index (χ3n) is 4.47. The van der Waals surface area contributed by atoms with Crippen LogP contribution in [0, 0.1) is 5.82 Å². The summed E-state index contributed by atoms with van der Waals surface area (Å²) in [5.41, 5.74) is 1.74. The van der Waals surface area contributed by atoms with E-state index in [9.17, 15) is 9.18 Å². The highest BCUT2D eigenvalue weighted by Crippen LogP contribution is 2.50. The molecule has 1 aliphatic carbocycles. The number of ketones is 1. The highest BCUT2D eigenvalue weighted by molar-refractivity contribution is 6.31. The van der Waals surface area contributed by atoms with Crippen LogP contribution in [-0.4, -0.2) is 27.1 Å². The number of fused-ring (bicyclic) bond motifs is 1. The van der Waals surface area contributed by atoms with Crippen molar-refractivity contribution in [1.82, 2.24) is 0 Å². The van der Waals surface area contributed by atoms with Crippen molar-refractivity contribution in [3.05, 3.63) is 51.8 Å². The summed E-state index contributed by atoms with van der Waals surface area (Å²) in [5.74, 6) is 0.330. The molecule has 0 aromatic heterocycles. The van der Waals surface area contributed by atoms with Crippen LogP contribution in [0.5, 0.6) is 17.2 Å². The van der Waals surface area contributed by atoms with Gasteiger partial charge < -0.3 is 14.2 Å². The molecule has 0 saturated carbocycles. The summed E-state index contributed by atoms with van der Waals surface area (Å²) in [4.78, 5) is 12.3. The molecule has 0 aliphatic heterocycles. The fourth-order valence-corrected chi connectivity index (χ4v) is 3.76. The van der Waals surface area contributed by atoms with E-state index >= 15 is 0 Å². The average Bonchev–Trinajstić information content (AvgIpc) is 2.59. The van der Waals surface area contributed by atoms with Gasteiger partial charge in [-0.25, -0.2) is 4.39 Å². The van der Waals surface area contributed by atoms with E-state index in [1.807, 2.05) is 0 Å². The van der Waals surface area contributed by atoms with Gasteiger partial charge in [-0.1, -0.05) is 17.7 Å². The van der Waals surface area contributed by atoms with Crippen LogP contribution in [0.1, 0.15) is 29.0 Å². The summed E-state index contributed by atoms with van der Waals surface area (Å²) >= 11 is 6.26. The number of carbonyl (C=O) groups is 1. The first-order chi connectivity index (χ1) is 12.0. The van der Waals surface area contributed by atoms with Crippen LogP contribution in [0.3, 0.4) is 0 Å². The Morgan fingerprint density at radius 2 is 1.80 bits per heavy atom. The predicted octanol–water partition coefficient (Wildman–Crippen LogP) is 4.15. The molecule has 0 amide bonds. The molecule has 0 spiro atoms. The fourth-order valence-electron chi connectivity index (χ4n) is 3.46. The Morgan fingerprint density at radius 3 is 2.40 bits per heavy atom. The highest BCUT2D eigenvalue weighted by atomic mass is 35.5. The lowest BCUT2D eigenvalue weighted by Gasteiger charge is -2.29. The molecule has 132 valence electrons. The topological polar surface area (TPSA) is 44.8 Å². The maximum Gasteiger partial charge on any atom is 0.203 e. The molecule has 0 fully saturated rings. The third kappa shape index (κ3) is 2.93. The van der Waals surface area contributed by atoms with Crippen molar-refractivity contribution in [2.45, 2.75) is 18.8 Å². The minimum atomic E-state index is -0.542. The minimum Gasteiger partial charge on any atom is -0.493 e. The summed E-state index contributed by atoms with van der Waals surface area (Å²) in [7, 11) is 4.53. The van der Waals surface area contributed by atoms with Crippen molar-refractivity contribution in [1.29, 1.82) is 0 Å². The van der Waals surface area contributed by atoms with Gasteiger partial charge in [0.15, 0.2) is 11.5 Å². The van der Waals surface area contributed by atoms with Crippen molar-refractivity contribution >= 4 is 17.4 Å². The van der Waals surface area contributed by atoms with Gasteiger partial charge in [-0.3, -0.25) is 4.79 Å². The molecule has 4 nitrogen and oxygen atoms in total. The smallest absolute Gasteiger partial charge is 0.203 e. The zero-order chi connectivity index (χ0) is 18.1. The highest BCUT2D eigenvalue weighted by Gasteiger charge is 2.35. The normalized spacial score (nSPS) is 16.4. The zero-order valence-corrected chi connectivity index (χ0v) is 14.9. The van der Waals surface area contributed by atoms with Crippen LogP contribution >= 0.6 is 11.6 Å². The third-order valence-corrected chi connectivity index (χ3v) is 4.80. The van der Waals surface area contributed by atoms with Gasteiger partial charge in [-0.2, -0.15) is 0 Å². The van der Waals surface area contributed by atoms with Crippen molar-refractivity contribution in [2.24, 2.45) is 0 Å². The van der Waals surface area contributed by atoms with Gasteiger partial charge >= 0.3 is 0 Å². The molecule has 0 saturated heterocycles. The van der Waals surface area contributed by atoms with Gasteiger partial charge in [0.25, 0.3) is 0 Å². The number of ether oxygens (including phenoxy) is 3. The van der Waals surface area contributed by atoms with Crippen LogP contribution in [-0.2, 0) is 11.2 Å². The Hall–Kier alpha value is -2.27. The molecule has 2 aromatic carbocycles. The standard InChI is InChI=1S/C19H18ClFO4/c1-23-15-8-10-7-11(22)9-12(16(10)19(25-3)18(15)24-2)17-13(20)5-4-6-14(17)21/h4-6,8,12H,7,9H2,1-3H3. The molecule has 25 heavy (non-hydrogen) atoms. The number of carbonyl (C=O) groups excluding carboxylic acids is 1. The molecule has 6 heteroatoms. The lowest BCUT2D eigenvalue weighted by atomic mass is 9.77. The maximum absolute atomic E-state index is 14.5. The molecule has 0 bridgehead atoms. The van der Waals surface area contributed by atoms with Gasteiger partial charge in [0.1, 0.15) is 11.6 Å². The lowest BCUT2D eigenvalue weighted by Crippen LogP contribution is -2.21. The van der Waals surface area contributed by atoms with Crippen molar-refractivity contribution in [3.63, 3.8) is 0 Å². The first kappa shape index (κ1) is 17.5. The number of benzene rings is 2. The van der Waals surface area contributed by atoms with Crippen LogP contribution in [0.25, 0.3) is 0 Å². The van der Waals surface area contributed by atoms with E-state index in [-0.39, 0.29) is 23.6 Å². The van der Waals surface area contributed by atoms with E-state index in [1.54, 1.807) is 18.2 Å². The van der Waals surface area contributed by atoms with Crippen molar-refractivity contribution in [3.8, 4) is 17.2 Å². The Bertz CT molecular complexity index is 814. The second-order valence-corrected chi connectivity index (χ2v) is 6.23. The Morgan fingerprint density at radius 1 is 1.08 bits per heavy atom. The number of rotatable bonds is 4. The van der Waals surface area contributed by atoms with Gasteiger partial charge in [-0.15, -0.1) is 0 Å². The van der Waals surface area contributed by atoms with E-state index in [0.717, 1.165) is 5.56 Å². The lowest BCUT2D eigenvalue weighted by molar-refractivity contribution is -0.119. The van der Waals surface area contributed by atoms with Gasteiger partial charge in [0, 0.05) is 34.9 Å². The number of methoxy groups -OCH3 is 3. The summed E-state index contributed by atoms with van der Waals surface area (Å²) in [6.45, 7) is 0. The average molecular weight is 365 g/mol. The first-order valence-electron chi connectivity index (χ1n) is 7.79. The van der Waals surface area contributed by atoms with Crippen LogP contribution in [0.4, 0.5) is 4.39 Å². The monoisotopic (exact) mass is 364 g/mol. The molecule has 1 atom stereocenters. The Kier molecular flexibility index (Phi) is 4.86. The first-order valence-corrected chi connectivity index (χ1v) is 8.16. The van der Waals surface area contributed by atoms with E-state index in [2.05, 4.69) is 0 Å². The van der Waals surface area contributed by atoms with Crippen LogP contribution in [0.15, 0.2) is 24.3 Å². The molecular weight excluding hydrogens is 347 g/mol. The second kappa shape index (κ2) is 6.92. The number of hydrogen-bond donors (Lipinski definition) is 0. The molecule has 1 unspecified atom stereocenters. The second-order valence-electron chi connectivity index (χ2n) is 5.83. The molecular formula is C19H18ClFO4.